The lowest BCUT2D eigenvalue weighted by molar-refractivity contribution is -0.385. The van der Waals surface area contributed by atoms with Crippen molar-refractivity contribution >= 4 is 15.7 Å². The number of nitrogens with two attached hydrogens (primary N) is 1. The van der Waals surface area contributed by atoms with Crippen LogP contribution in [0.4, 0.5) is 5.69 Å². The average molecular weight is 313 g/mol. The van der Waals surface area contributed by atoms with E-state index in [4.69, 9.17) is 5.73 Å². The van der Waals surface area contributed by atoms with E-state index in [1.54, 1.807) is 13.8 Å². The summed E-state index contributed by atoms with van der Waals surface area (Å²) in [5.41, 5.74) is 6.75. The topological polar surface area (TPSA) is 107 Å². The Morgan fingerprint density at radius 3 is 2.57 bits per heavy atom. The molecule has 7 nitrogen and oxygen atoms in total. The van der Waals surface area contributed by atoms with Gasteiger partial charge in [-0.25, -0.2) is 8.42 Å². The molecular formula is C13H19N3O4S. The fourth-order valence-corrected chi connectivity index (χ4v) is 4.20. The maximum absolute atomic E-state index is 12.7. The minimum absolute atomic E-state index is 0.0605. The van der Waals surface area contributed by atoms with Crippen molar-refractivity contribution in [3.05, 3.63) is 33.4 Å². The number of nitrogens with zero attached hydrogens (tertiary/aromatic N) is 2. The van der Waals surface area contributed by atoms with E-state index in [-0.39, 0.29) is 10.6 Å². The van der Waals surface area contributed by atoms with E-state index in [9.17, 15) is 18.5 Å². The van der Waals surface area contributed by atoms with Crippen LogP contribution in [-0.2, 0) is 10.0 Å². The van der Waals surface area contributed by atoms with Crippen molar-refractivity contribution < 1.29 is 13.3 Å². The highest BCUT2D eigenvalue weighted by Gasteiger charge is 2.33. The Bertz CT molecular complexity index is 672. The van der Waals surface area contributed by atoms with E-state index in [0.29, 0.717) is 24.1 Å². The SMILES string of the molecule is Cc1cc(S(=O)(=O)N2CCCCC2N)cc([N+](=O)[O-])c1C. The molecule has 1 aromatic carbocycles. The Morgan fingerprint density at radius 1 is 1.33 bits per heavy atom. The summed E-state index contributed by atoms with van der Waals surface area (Å²) in [6, 6.07) is 2.60. The number of rotatable bonds is 3. The van der Waals surface area contributed by atoms with Gasteiger partial charge in [-0.2, -0.15) is 4.31 Å². The summed E-state index contributed by atoms with van der Waals surface area (Å²) in [4.78, 5) is 10.4. The summed E-state index contributed by atoms with van der Waals surface area (Å²) in [6.07, 6.45) is 1.68. The van der Waals surface area contributed by atoms with Crippen molar-refractivity contribution in [3.63, 3.8) is 0 Å². The van der Waals surface area contributed by atoms with Crippen LogP contribution < -0.4 is 5.73 Å². The molecule has 2 N–H and O–H groups in total. The molecule has 0 aliphatic carbocycles. The molecule has 0 bridgehead atoms. The molecular weight excluding hydrogens is 294 g/mol. The van der Waals surface area contributed by atoms with Gasteiger partial charge in [0.15, 0.2) is 0 Å². The van der Waals surface area contributed by atoms with Gasteiger partial charge in [0.25, 0.3) is 5.69 Å². The Morgan fingerprint density at radius 2 is 2.00 bits per heavy atom. The van der Waals surface area contributed by atoms with Crippen molar-refractivity contribution in [1.82, 2.24) is 4.31 Å². The Kier molecular flexibility index (Phi) is 4.31. The van der Waals surface area contributed by atoms with Crippen LogP contribution in [0.15, 0.2) is 17.0 Å². The number of nitro benzene ring substituents is 1. The highest BCUT2D eigenvalue weighted by molar-refractivity contribution is 7.89. The first-order valence-corrected chi connectivity index (χ1v) is 8.22. The number of benzene rings is 1. The second-order valence-electron chi connectivity index (χ2n) is 5.32. The molecule has 0 spiro atoms. The van der Waals surface area contributed by atoms with Crippen molar-refractivity contribution in [1.29, 1.82) is 0 Å². The molecule has 116 valence electrons. The van der Waals surface area contributed by atoms with Gasteiger partial charge in [-0.15, -0.1) is 0 Å². The second kappa shape index (κ2) is 5.70. The molecule has 0 aromatic heterocycles. The van der Waals surface area contributed by atoms with Crippen LogP contribution in [0, 0.1) is 24.0 Å². The van der Waals surface area contributed by atoms with E-state index in [0.717, 1.165) is 18.9 Å². The molecule has 1 fully saturated rings. The van der Waals surface area contributed by atoms with Crippen LogP contribution >= 0.6 is 0 Å². The summed E-state index contributed by atoms with van der Waals surface area (Å²) in [5, 5.41) is 11.1. The maximum Gasteiger partial charge on any atom is 0.273 e. The van der Waals surface area contributed by atoms with Crippen LogP contribution in [0.2, 0.25) is 0 Å². The van der Waals surface area contributed by atoms with Crippen molar-refractivity contribution in [2.75, 3.05) is 6.54 Å². The fraction of sp³-hybridized carbons (Fsp3) is 0.538. The lowest BCUT2D eigenvalue weighted by Crippen LogP contribution is -2.48. The van der Waals surface area contributed by atoms with Gasteiger partial charge >= 0.3 is 0 Å². The maximum atomic E-state index is 12.7. The van der Waals surface area contributed by atoms with Crippen molar-refractivity contribution in [2.24, 2.45) is 5.73 Å². The summed E-state index contributed by atoms with van der Waals surface area (Å²) < 4.78 is 26.6. The van der Waals surface area contributed by atoms with Crippen LogP contribution in [0.25, 0.3) is 0 Å². The molecule has 8 heteroatoms. The van der Waals surface area contributed by atoms with Gasteiger partial charge in [0, 0.05) is 18.2 Å². The van der Waals surface area contributed by atoms with Crippen molar-refractivity contribution in [2.45, 2.75) is 44.2 Å². The van der Waals surface area contributed by atoms with E-state index in [1.807, 2.05) is 0 Å². The summed E-state index contributed by atoms with van der Waals surface area (Å²) in [6.45, 7) is 3.62. The number of hydrogen-bond acceptors (Lipinski definition) is 5. The molecule has 0 amide bonds. The largest absolute Gasteiger partial charge is 0.315 e. The van der Waals surface area contributed by atoms with E-state index >= 15 is 0 Å². The number of piperidine rings is 1. The van der Waals surface area contributed by atoms with E-state index < -0.39 is 21.1 Å². The quantitative estimate of drug-likeness (QED) is 0.674. The predicted molar refractivity (Wildman–Crippen MR) is 78.3 cm³/mol. The van der Waals surface area contributed by atoms with Gasteiger partial charge < -0.3 is 5.73 Å². The van der Waals surface area contributed by atoms with Crippen LogP contribution in [0.5, 0.6) is 0 Å². The Balaban J connectivity index is 2.52. The third-order valence-corrected chi connectivity index (χ3v) is 5.82. The first-order chi connectivity index (χ1) is 9.75. The zero-order valence-corrected chi connectivity index (χ0v) is 12.9. The lowest BCUT2D eigenvalue weighted by atomic mass is 10.1. The molecule has 1 aliphatic heterocycles. The fourth-order valence-electron chi connectivity index (χ4n) is 2.51. The molecule has 0 radical (unpaired) electrons. The summed E-state index contributed by atoms with van der Waals surface area (Å²) in [5.74, 6) is 0. The molecule has 1 saturated heterocycles. The molecule has 1 aliphatic rings. The normalized spacial score (nSPS) is 20.4. The first kappa shape index (κ1) is 15.9. The zero-order valence-electron chi connectivity index (χ0n) is 12.1. The van der Waals surface area contributed by atoms with Crippen LogP contribution in [-0.4, -0.2) is 30.4 Å². The zero-order chi connectivity index (χ0) is 15.8. The molecule has 2 rings (SSSR count). The van der Waals surface area contributed by atoms with Crippen molar-refractivity contribution in [3.8, 4) is 0 Å². The van der Waals surface area contributed by atoms with Gasteiger partial charge in [-0.1, -0.05) is 0 Å². The number of hydrogen-bond donors (Lipinski definition) is 1. The van der Waals surface area contributed by atoms with E-state index in [2.05, 4.69) is 0 Å². The monoisotopic (exact) mass is 313 g/mol. The number of aryl methyl sites for hydroxylation is 1. The molecule has 1 aromatic rings. The van der Waals surface area contributed by atoms with E-state index in [1.165, 1.54) is 10.4 Å². The minimum atomic E-state index is -3.80. The molecule has 1 unspecified atom stereocenters. The highest BCUT2D eigenvalue weighted by Crippen LogP contribution is 2.29. The molecule has 21 heavy (non-hydrogen) atoms. The second-order valence-corrected chi connectivity index (χ2v) is 7.21. The Labute approximate surface area is 123 Å². The lowest BCUT2D eigenvalue weighted by Gasteiger charge is -2.32. The van der Waals surface area contributed by atoms with Gasteiger partial charge in [-0.05, 0) is 44.7 Å². The number of nitro groups is 1. The highest BCUT2D eigenvalue weighted by atomic mass is 32.2. The van der Waals surface area contributed by atoms with Gasteiger partial charge in [0.2, 0.25) is 10.0 Å². The summed E-state index contributed by atoms with van der Waals surface area (Å²) in [7, 11) is -3.80. The summed E-state index contributed by atoms with van der Waals surface area (Å²) >= 11 is 0. The third-order valence-electron chi connectivity index (χ3n) is 3.92. The minimum Gasteiger partial charge on any atom is -0.315 e. The van der Waals surface area contributed by atoms with Gasteiger partial charge in [-0.3, -0.25) is 10.1 Å². The Hall–Kier alpha value is -1.51. The predicted octanol–water partition coefficient (Wildman–Crippen LogP) is 1.67. The smallest absolute Gasteiger partial charge is 0.273 e. The average Bonchev–Trinajstić information content (AvgIpc) is 2.41. The molecule has 1 atom stereocenters. The number of sulfonamides is 1. The first-order valence-electron chi connectivity index (χ1n) is 6.78. The van der Waals surface area contributed by atoms with Gasteiger partial charge in [0.1, 0.15) is 0 Å². The standard InChI is InChI=1S/C13H19N3O4S/c1-9-7-11(8-12(10(9)2)16(17)18)21(19,20)15-6-4-3-5-13(15)14/h7-8,13H,3-6,14H2,1-2H3. The van der Waals surface area contributed by atoms with Crippen LogP contribution in [0.1, 0.15) is 30.4 Å². The van der Waals surface area contributed by atoms with Crippen LogP contribution in [0.3, 0.4) is 0 Å². The third kappa shape index (κ3) is 2.92. The van der Waals surface area contributed by atoms with Gasteiger partial charge in [0.05, 0.1) is 16.0 Å². The molecule has 1 heterocycles. The molecule has 0 saturated carbocycles.